The zero-order valence-corrected chi connectivity index (χ0v) is 17.4. The van der Waals surface area contributed by atoms with Crippen LogP contribution < -0.4 is 5.32 Å². The maximum atomic E-state index is 12.8. The maximum absolute atomic E-state index is 12.8. The minimum absolute atomic E-state index is 0.138. The monoisotopic (exact) mass is 432 g/mol. The van der Waals surface area contributed by atoms with Crippen molar-refractivity contribution in [3.05, 3.63) is 70.0 Å². The van der Waals surface area contributed by atoms with Gasteiger partial charge in [0.05, 0.1) is 11.6 Å². The molecule has 26 heavy (non-hydrogen) atoms. The molecule has 0 bridgehead atoms. The van der Waals surface area contributed by atoms with Crippen molar-refractivity contribution in [2.24, 2.45) is 0 Å². The summed E-state index contributed by atoms with van der Waals surface area (Å²) in [5.41, 5.74) is 3.35. The number of anilines is 1. The van der Waals surface area contributed by atoms with Gasteiger partial charge in [-0.2, -0.15) is 0 Å². The van der Waals surface area contributed by atoms with Crippen molar-refractivity contribution in [3.8, 4) is 0 Å². The Labute approximate surface area is 164 Å². The zero-order chi connectivity index (χ0) is 18.8. The van der Waals surface area contributed by atoms with E-state index in [0.717, 1.165) is 27.2 Å². The van der Waals surface area contributed by atoms with Gasteiger partial charge in [-0.15, -0.1) is 0 Å². The molecule has 0 saturated heterocycles. The van der Waals surface area contributed by atoms with E-state index >= 15 is 0 Å². The van der Waals surface area contributed by atoms with Crippen LogP contribution in [0.2, 0.25) is 0 Å². The molecule has 1 aromatic heterocycles. The molecule has 4 nitrogen and oxygen atoms in total. The van der Waals surface area contributed by atoms with Gasteiger partial charge >= 0.3 is 0 Å². The standard InChI is InChI=1S/C20H21BrN2O2S/c1-13-12-17(14(2)23(13)19-7-5-4-6-18(19)21)20(24)22-15-8-10-16(11-9-15)26(3)25/h4-6,8-12,19H,7H2,1-3H3,(H,22,24). The van der Waals surface area contributed by atoms with E-state index in [4.69, 9.17) is 0 Å². The highest BCUT2D eigenvalue weighted by molar-refractivity contribution is 9.11. The van der Waals surface area contributed by atoms with Crippen LogP contribution in [-0.4, -0.2) is 20.9 Å². The molecule has 1 aliphatic carbocycles. The average Bonchev–Trinajstić information content (AvgIpc) is 2.90. The first-order valence-corrected chi connectivity index (χ1v) is 10.7. The second kappa shape index (κ2) is 7.76. The van der Waals surface area contributed by atoms with Crippen molar-refractivity contribution < 1.29 is 9.00 Å². The highest BCUT2D eigenvalue weighted by atomic mass is 79.9. The summed E-state index contributed by atoms with van der Waals surface area (Å²) in [6.07, 6.45) is 8.74. The largest absolute Gasteiger partial charge is 0.340 e. The summed E-state index contributed by atoms with van der Waals surface area (Å²) in [5, 5.41) is 2.93. The molecule has 2 unspecified atom stereocenters. The van der Waals surface area contributed by atoms with Gasteiger partial charge in [0, 0.05) is 43.5 Å². The van der Waals surface area contributed by atoms with Crippen molar-refractivity contribution in [1.82, 2.24) is 4.57 Å². The number of hydrogen-bond acceptors (Lipinski definition) is 2. The van der Waals surface area contributed by atoms with Crippen molar-refractivity contribution in [3.63, 3.8) is 0 Å². The van der Waals surface area contributed by atoms with E-state index in [1.54, 1.807) is 30.5 Å². The molecule has 0 spiro atoms. The topological polar surface area (TPSA) is 51.1 Å². The Hall–Kier alpha value is -1.92. The lowest BCUT2D eigenvalue weighted by Gasteiger charge is -2.23. The van der Waals surface area contributed by atoms with Crippen LogP contribution >= 0.6 is 15.9 Å². The molecule has 2 aromatic rings. The molecule has 6 heteroatoms. The van der Waals surface area contributed by atoms with Gasteiger partial charge in [-0.05, 0) is 50.6 Å². The van der Waals surface area contributed by atoms with Gasteiger partial charge in [0.1, 0.15) is 0 Å². The number of hydrogen-bond donors (Lipinski definition) is 1. The van der Waals surface area contributed by atoms with Gasteiger partial charge in [-0.25, -0.2) is 0 Å². The predicted molar refractivity (Wildman–Crippen MR) is 110 cm³/mol. The quantitative estimate of drug-likeness (QED) is 0.748. The normalized spacial score (nSPS) is 17.7. The second-order valence-electron chi connectivity index (χ2n) is 6.32. The Morgan fingerprint density at radius 1 is 1.27 bits per heavy atom. The lowest BCUT2D eigenvalue weighted by molar-refractivity contribution is 0.102. The number of carbonyl (C=O) groups is 1. The number of amides is 1. The Kier molecular flexibility index (Phi) is 5.63. The first-order valence-electron chi connectivity index (χ1n) is 8.34. The Balaban J connectivity index is 1.84. The van der Waals surface area contributed by atoms with Gasteiger partial charge in [-0.3, -0.25) is 9.00 Å². The van der Waals surface area contributed by atoms with Crippen molar-refractivity contribution >= 4 is 38.3 Å². The van der Waals surface area contributed by atoms with Gasteiger partial charge < -0.3 is 9.88 Å². The molecule has 1 N–H and O–H groups in total. The smallest absolute Gasteiger partial charge is 0.257 e. The predicted octanol–water partition coefficient (Wildman–Crippen LogP) is 4.87. The van der Waals surface area contributed by atoms with Crippen LogP contribution in [0, 0.1) is 13.8 Å². The van der Waals surface area contributed by atoms with Gasteiger partial charge in [0.15, 0.2) is 0 Å². The Morgan fingerprint density at radius 3 is 2.58 bits per heavy atom. The first kappa shape index (κ1) is 18.9. The fraction of sp³-hybridized carbons (Fsp3) is 0.250. The number of benzene rings is 1. The molecule has 1 aromatic carbocycles. The lowest BCUT2D eigenvalue weighted by atomic mass is 10.1. The maximum Gasteiger partial charge on any atom is 0.257 e. The summed E-state index contributed by atoms with van der Waals surface area (Å²) in [6.45, 7) is 4.00. The van der Waals surface area contributed by atoms with Crippen molar-refractivity contribution in [1.29, 1.82) is 0 Å². The van der Waals surface area contributed by atoms with E-state index in [2.05, 4.69) is 31.9 Å². The fourth-order valence-electron chi connectivity index (χ4n) is 3.23. The fourth-order valence-corrected chi connectivity index (χ4v) is 4.30. The van der Waals surface area contributed by atoms with Crippen LogP contribution in [0.15, 0.2) is 57.9 Å². The summed E-state index contributed by atoms with van der Waals surface area (Å²) in [4.78, 5) is 13.5. The third-order valence-corrected chi connectivity index (χ3v) is 6.28. The molecule has 0 fully saturated rings. The van der Waals surface area contributed by atoms with E-state index in [0.29, 0.717) is 11.3 Å². The first-order chi connectivity index (χ1) is 12.4. The van der Waals surface area contributed by atoms with Crippen molar-refractivity contribution in [2.75, 3.05) is 11.6 Å². The average molecular weight is 433 g/mol. The zero-order valence-electron chi connectivity index (χ0n) is 15.0. The lowest BCUT2D eigenvalue weighted by Crippen LogP contribution is -2.16. The molecule has 3 rings (SSSR count). The van der Waals surface area contributed by atoms with Crippen LogP contribution in [0.25, 0.3) is 0 Å². The van der Waals surface area contributed by atoms with Crippen LogP contribution in [0.5, 0.6) is 0 Å². The molecule has 0 saturated carbocycles. The van der Waals surface area contributed by atoms with E-state index in [1.807, 2.05) is 32.1 Å². The van der Waals surface area contributed by atoms with Crippen LogP contribution in [0.3, 0.4) is 0 Å². The number of rotatable bonds is 4. The van der Waals surface area contributed by atoms with E-state index < -0.39 is 10.8 Å². The number of halogens is 1. The Morgan fingerprint density at radius 2 is 1.96 bits per heavy atom. The number of carbonyl (C=O) groups excluding carboxylic acids is 1. The van der Waals surface area contributed by atoms with E-state index in [1.165, 1.54) is 0 Å². The summed E-state index contributed by atoms with van der Waals surface area (Å²) >= 11 is 3.64. The van der Waals surface area contributed by atoms with Crippen LogP contribution in [0.4, 0.5) is 5.69 Å². The molecule has 0 radical (unpaired) electrons. The summed E-state index contributed by atoms with van der Waals surface area (Å²) in [5.74, 6) is -0.138. The minimum atomic E-state index is -1.03. The number of nitrogens with one attached hydrogen (secondary N) is 1. The number of aromatic nitrogens is 1. The summed E-state index contributed by atoms with van der Waals surface area (Å²) in [7, 11) is -1.03. The SMILES string of the molecule is Cc1cc(C(=O)Nc2ccc(S(C)=O)cc2)c(C)n1C1CC=CC=C1Br. The number of allylic oxidation sites excluding steroid dienone is 4. The molecule has 1 amide bonds. The van der Waals surface area contributed by atoms with Gasteiger partial charge in [-0.1, -0.05) is 34.2 Å². The third-order valence-electron chi connectivity index (χ3n) is 4.55. The van der Waals surface area contributed by atoms with Crippen LogP contribution in [-0.2, 0) is 10.8 Å². The molecular formula is C20H21BrN2O2S. The van der Waals surface area contributed by atoms with Gasteiger partial charge in [0.25, 0.3) is 5.91 Å². The van der Waals surface area contributed by atoms with E-state index in [-0.39, 0.29) is 11.9 Å². The van der Waals surface area contributed by atoms with Crippen molar-refractivity contribution in [2.45, 2.75) is 31.2 Å². The van der Waals surface area contributed by atoms with Gasteiger partial charge in [0.2, 0.25) is 0 Å². The molecule has 1 heterocycles. The van der Waals surface area contributed by atoms with E-state index in [9.17, 15) is 9.00 Å². The highest BCUT2D eigenvalue weighted by Gasteiger charge is 2.23. The molecule has 0 aliphatic heterocycles. The molecule has 136 valence electrons. The summed E-state index contributed by atoms with van der Waals surface area (Å²) in [6, 6.07) is 9.20. The Bertz CT molecular complexity index is 926. The number of aryl methyl sites for hydroxylation is 1. The molecule has 2 atom stereocenters. The third kappa shape index (κ3) is 3.76. The van der Waals surface area contributed by atoms with Crippen LogP contribution in [0.1, 0.15) is 34.2 Å². The second-order valence-corrected chi connectivity index (χ2v) is 8.61. The minimum Gasteiger partial charge on any atom is -0.340 e. The highest BCUT2D eigenvalue weighted by Crippen LogP contribution is 2.34. The molecular weight excluding hydrogens is 412 g/mol. The summed E-state index contributed by atoms with van der Waals surface area (Å²) < 4.78 is 14.8. The number of nitrogens with zero attached hydrogens (tertiary/aromatic N) is 1. The molecule has 1 aliphatic rings.